The van der Waals surface area contributed by atoms with E-state index in [9.17, 15) is 4.79 Å². The molecule has 1 heterocycles. The number of hydrogen-bond acceptors (Lipinski definition) is 4. The molecular formula is C5H8ClN3O3. The van der Waals surface area contributed by atoms with Gasteiger partial charge in [-0.2, -0.15) is 5.10 Å². The summed E-state index contributed by atoms with van der Waals surface area (Å²) in [7, 11) is 0. The minimum Gasteiger partial charge on any atom is -0.479 e. The maximum absolute atomic E-state index is 10.1. The van der Waals surface area contributed by atoms with Crippen LogP contribution < -0.4 is 0 Å². The van der Waals surface area contributed by atoms with Gasteiger partial charge in [-0.25, -0.2) is 14.5 Å². The largest absolute Gasteiger partial charge is 0.479 e. The lowest BCUT2D eigenvalue weighted by Gasteiger charge is -2.02. The van der Waals surface area contributed by atoms with Crippen molar-refractivity contribution >= 4 is 18.4 Å². The minimum atomic E-state index is -1.42. The fourth-order valence-electron chi connectivity index (χ4n) is 0.582. The second-order valence-corrected chi connectivity index (χ2v) is 1.97. The van der Waals surface area contributed by atoms with Crippen LogP contribution >= 0.6 is 12.4 Å². The highest BCUT2D eigenvalue weighted by atomic mass is 35.5. The van der Waals surface area contributed by atoms with Crippen molar-refractivity contribution < 1.29 is 15.0 Å². The van der Waals surface area contributed by atoms with Crippen molar-refractivity contribution in [3.05, 3.63) is 12.7 Å². The molecule has 0 bridgehead atoms. The van der Waals surface area contributed by atoms with E-state index in [1.807, 2.05) is 0 Å². The van der Waals surface area contributed by atoms with Gasteiger partial charge < -0.3 is 10.2 Å². The highest BCUT2D eigenvalue weighted by molar-refractivity contribution is 5.85. The van der Waals surface area contributed by atoms with Gasteiger partial charge >= 0.3 is 5.97 Å². The molecular weight excluding hydrogens is 186 g/mol. The molecule has 1 aromatic rings. The average molecular weight is 194 g/mol. The summed E-state index contributed by atoms with van der Waals surface area (Å²) in [5.41, 5.74) is 0. The third kappa shape index (κ3) is 2.85. The molecule has 0 aromatic carbocycles. The molecule has 0 spiro atoms. The summed E-state index contributed by atoms with van der Waals surface area (Å²) in [4.78, 5) is 13.7. The molecule has 0 fully saturated rings. The number of hydrogen-bond donors (Lipinski definition) is 2. The Morgan fingerprint density at radius 3 is 2.75 bits per heavy atom. The van der Waals surface area contributed by atoms with E-state index in [0.29, 0.717) is 0 Å². The molecule has 1 rings (SSSR count). The predicted molar refractivity (Wildman–Crippen MR) is 40.9 cm³/mol. The van der Waals surface area contributed by atoms with E-state index in [1.54, 1.807) is 0 Å². The Kier molecular flexibility index (Phi) is 4.24. The monoisotopic (exact) mass is 193 g/mol. The number of carboxylic acids is 1. The first-order chi connectivity index (χ1) is 5.20. The van der Waals surface area contributed by atoms with Crippen molar-refractivity contribution in [3.63, 3.8) is 0 Å². The van der Waals surface area contributed by atoms with Gasteiger partial charge in [-0.15, -0.1) is 12.4 Å². The Bertz CT molecular complexity index is 238. The van der Waals surface area contributed by atoms with E-state index in [-0.39, 0.29) is 19.0 Å². The van der Waals surface area contributed by atoms with E-state index in [4.69, 9.17) is 10.2 Å². The molecule has 0 aliphatic heterocycles. The zero-order valence-electron chi connectivity index (χ0n) is 5.99. The third-order valence-corrected chi connectivity index (χ3v) is 1.11. The highest BCUT2D eigenvalue weighted by Crippen LogP contribution is 1.88. The zero-order chi connectivity index (χ0) is 8.27. The number of nitrogens with zero attached hydrogens (tertiary/aromatic N) is 3. The molecule has 1 atom stereocenters. The van der Waals surface area contributed by atoms with E-state index < -0.39 is 12.1 Å². The van der Waals surface area contributed by atoms with Crippen LogP contribution in [0.1, 0.15) is 0 Å². The lowest BCUT2D eigenvalue weighted by molar-refractivity contribution is -0.147. The minimum absolute atomic E-state index is 0. The number of aliphatic carboxylic acids is 1. The molecule has 1 unspecified atom stereocenters. The van der Waals surface area contributed by atoms with Crippen LogP contribution in [0.4, 0.5) is 0 Å². The molecule has 2 N–H and O–H groups in total. The lowest BCUT2D eigenvalue weighted by atomic mass is 10.4. The van der Waals surface area contributed by atoms with Gasteiger partial charge in [-0.05, 0) is 0 Å². The zero-order valence-corrected chi connectivity index (χ0v) is 6.81. The number of carbonyl (C=O) groups is 1. The normalized spacial score (nSPS) is 11.8. The Morgan fingerprint density at radius 2 is 2.33 bits per heavy atom. The Balaban J connectivity index is 0.00000121. The summed E-state index contributed by atoms with van der Waals surface area (Å²) in [6, 6.07) is 0. The Morgan fingerprint density at radius 1 is 1.67 bits per heavy atom. The van der Waals surface area contributed by atoms with Crippen LogP contribution in [0.25, 0.3) is 0 Å². The van der Waals surface area contributed by atoms with Gasteiger partial charge in [0.2, 0.25) is 0 Å². The Hall–Kier alpha value is -1.14. The average Bonchev–Trinajstić information content (AvgIpc) is 2.39. The number of carboxylic acid groups (broad SMARTS) is 1. The van der Waals surface area contributed by atoms with E-state index >= 15 is 0 Å². The van der Waals surface area contributed by atoms with E-state index in [0.717, 1.165) is 0 Å². The van der Waals surface area contributed by atoms with Gasteiger partial charge in [0, 0.05) is 0 Å². The smallest absolute Gasteiger partial charge is 0.334 e. The van der Waals surface area contributed by atoms with Crippen molar-refractivity contribution in [2.75, 3.05) is 0 Å². The topological polar surface area (TPSA) is 88.2 Å². The van der Waals surface area contributed by atoms with Crippen LogP contribution in [0.2, 0.25) is 0 Å². The van der Waals surface area contributed by atoms with Crippen LogP contribution in [-0.4, -0.2) is 37.1 Å². The molecule has 0 amide bonds. The van der Waals surface area contributed by atoms with Crippen LogP contribution in [-0.2, 0) is 11.3 Å². The predicted octanol–water partition coefficient (Wildman–Crippen LogP) is -0.855. The quantitative estimate of drug-likeness (QED) is 0.653. The van der Waals surface area contributed by atoms with Crippen molar-refractivity contribution in [2.45, 2.75) is 12.6 Å². The molecule has 1 aromatic heterocycles. The first-order valence-corrected chi connectivity index (χ1v) is 2.93. The summed E-state index contributed by atoms with van der Waals surface area (Å²) in [5, 5.41) is 20.7. The maximum atomic E-state index is 10.1. The summed E-state index contributed by atoms with van der Waals surface area (Å²) in [5.74, 6) is -1.26. The van der Waals surface area contributed by atoms with Crippen molar-refractivity contribution in [1.82, 2.24) is 14.8 Å². The van der Waals surface area contributed by atoms with Gasteiger partial charge in [0.05, 0.1) is 6.54 Å². The van der Waals surface area contributed by atoms with Crippen LogP contribution in [0.5, 0.6) is 0 Å². The maximum Gasteiger partial charge on any atom is 0.334 e. The molecule has 0 aliphatic carbocycles. The van der Waals surface area contributed by atoms with Gasteiger partial charge in [-0.3, -0.25) is 0 Å². The van der Waals surface area contributed by atoms with E-state index in [2.05, 4.69) is 10.1 Å². The van der Waals surface area contributed by atoms with Gasteiger partial charge in [0.1, 0.15) is 12.7 Å². The first kappa shape index (κ1) is 10.9. The van der Waals surface area contributed by atoms with Crippen molar-refractivity contribution in [3.8, 4) is 0 Å². The standard InChI is InChI=1S/C5H7N3O3.ClH/c9-4(5(10)11)1-8-3-6-2-7-8;/h2-4,9H,1H2,(H,10,11);1H. The van der Waals surface area contributed by atoms with E-state index in [1.165, 1.54) is 17.3 Å². The lowest BCUT2D eigenvalue weighted by Crippen LogP contribution is -2.25. The summed E-state index contributed by atoms with van der Waals surface area (Å²) >= 11 is 0. The molecule has 12 heavy (non-hydrogen) atoms. The highest BCUT2D eigenvalue weighted by Gasteiger charge is 2.13. The summed E-state index contributed by atoms with van der Waals surface area (Å²) < 4.78 is 1.25. The molecule has 0 radical (unpaired) electrons. The van der Waals surface area contributed by atoms with Crippen molar-refractivity contribution in [1.29, 1.82) is 0 Å². The number of aliphatic hydroxyl groups is 1. The third-order valence-electron chi connectivity index (χ3n) is 1.11. The first-order valence-electron chi connectivity index (χ1n) is 2.93. The molecule has 0 aliphatic rings. The van der Waals surface area contributed by atoms with Gasteiger partial charge in [0.15, 0.2) is 6.10 Å². The van der Waals surface area contributed by atoms with Crippen LogP contribution in [0, 0.1) is 0 Å². The molecule has 0 saturated heterocycles. The SMILES string of the molecule is Cl.O=C(O)C(O)Cn1cncn1. The van der Waals surface area contributed by atoms with Crippen LogP contribution in [0.15, 0.2) is 12.7 Å². The summed E-state index contributed by atoms with van der Waals surface area (Å²) in [6.45, 7) is -0.0741. The number of aromatic nitrogens is 3. The number of rotatable bonds is 3. The number of aliphatic hydroxyl groups excluding tert-OH is 1. The Labute approximate surface area is 74.3 Å². The fourth-order valence-corrected chi connectivity index (χ4v) is 0.582. The molecule has 0 saturated carbocycles. The summed E-state index contributed by atoms with van der Waals surface area (Å²) in [6.07, 6.45) is 1.19. The van der Waals surface area contributed by atoms with Crippen LogP contribution in [0.3, 0.4) is 0 Å². The fraction of sp³-hybridized carbons (Fsp3) is 0.400. The molecule has 7 heteroatoms. The molecule has 6 nitrogen and oxygen atoms in total. The second kappa shape index (κ2) is 4.68. The number of halogens is 1. The molecule has 68 valence electrons. The second-order valence-electron chi connectivity index (χ2n) is 1.97. The van der Waals surface area contributed by atoms with Crippen molar-refractivity contribution in [2.24, 2.45) is 0 Å². The van der Waals surface area contributed by atoms with Gasteiger partial charge in [0.25, 0.3) is 0 Å². The van der Waals surface area contributed by atoms with Gasteiger partial charge in [-0.1, -0.05) is 0 Å².